The molecule has 4 rings (SSSR count). The molecule has 3 aromatic carbocycles. The molecule has 0 radical (unpaired) electrons. The van der Waals surface area contributed by atoms with E-state index >= 15 is 0 Å². The third-order valence-corrected chi connectivity index (χ3v) is 5.25. The molecule has 32 heavy (non-hydrogen) atoms. The highest BCUT2D eigenvalue weighted by atomic mass is 35.5. The van der Waals surface area contributed by atoms with Crippen molar-refractivity contribution in [2.45, 2.75) is 13.3 Å². The molecule has 0 spiro atoms. The van der Waals surface area contributed by atoms with Crippen LogP contribution in [0.1, 0.15) is 13.3 Å². The number of nitrogens with zero attached hydrogens (tertiary/aromatic N) is 3. The Bertz CT molecular complexity index is 1230. The molecule has 0 saturated heterocycles. The number of benzene rings is 3. The Morgan fingerprint density at radius 2 is 1.59 bits per heavy atom. The normalized spacial score (nSPS) is 10.8. The van der Waals surface area contributed by atoms with E-state index in [2.05, 4.69) is 11.9 Å². The Kier molecular flexibility index (Phi) is 6.61. The molecule has 1 heterocycles. The summed E-state index contributed by atoms with van der Waals surface area (Å²) in [5.74, 6) is 2.36. The van der Waals surface area contributed by atoms with Crippen LogP contribution in [0.2, 0.25) is 5.02 Å². The number of anilines is 3. The van der Waals surface area contributed by atoms with Crippen LogP contribution in [0, 0.1) is 0 Å². The molecule has 164 valence electrons. The fourth-order valence-electron chi connectivity index (χ4n) is 3.37. The maximum atomic E-state index is 6.38. The maximum absolute atomic E-state index is 6.38. The number of halogens is 1. The number of aromatic nitrogens is 2. The smallest absolute Gasteiger partial charge is 0.235 e. The van der Waals surface area contributed by atoms with Gasteiger partial charge in [0.05, 0.1) is 42.7 Å². The van der Waals surface area contributed by atoms with Gasteiger partial charge in [-0.05, 0) is 36.8 Å². The summed E-state index contributed by atoms with van der Waals surface area (Å²) in [6.45, 7) is 2.63. The number of methoxy groups -OCH3 is 2. The zero-order valence-corrected chi connectivity index (χ0v) is 19.0. The first-order valence-corrected chi connectivity index (χ1v) is 10.7. The molecule has 0 aliphatic carbocycles. The summed E-state index contributed by atoms with van der Waals surface area (Å²) in [4.78, 5) is 11.4. The highest BCUT2D eigenvalue weighted by Crippen LogP contribution is 2.40. The van der Waals surface area contributed by atoms with E-state index < -0.39 is 0 Å². The van der Waals surface area contributed by atoms with Gasteiger partial charge >= 0.3 is 0 Å². The standard InChI is InChI=1S/C25H24ClN3O3/c1-4-13-32-23-14-18(9-11-20(23)26)29(19-10-12-22(30-2)24(15-19)31-3)25-27-16-17-7-5-6-8-21(17)28-25/h5-12,14-16H,4,13H2,1-3H3. The number of ether oxygens (including phenoxy) is 3. The van der Waals surface area contributed by atoms with Crippen LogP contribution in [0.3, 0.4) is 0 Å². The van der Waals surface area contributed by atoms with E-state index in [1.165, 1.54) is 0 Å². The largest absolute Gasteiger partial charge is 0.493 e. The van der Waals surface area contributed by atoms with Crippen molar-refractivity contribution in [2.75, 3.05) is 25.7 Å². The Balaban J connectivity index is 1.88. The number of hydrogen-bond donors (Lipinski definition) is 0. The average molecular weight is 450 g/mol. The molecule has 0 atom stereocenters. The zero-order chi connectivity index (χ0) is 22.5. The molecule has 7 heteroatoms. The van der Waals surface area contributed by atoms with Gasteiger partial charge in [-0.15, -0.1) is 0 Å². The van der Waals surface area contributed by atoms with Gasteiger partial charge < -0.3 is 14.2 Å². The van der Waals surface area contributed by atoms with Gasteiger partial charge in [-0.2, -0.15) is 0 Å². The Labute approximate surface area is 192 Å². The van der Waals surface area contributed by atoms with Crippen molar-refractivity contribution in [3.63, 3.8) is 0 Å². The molecule has 0 aliphatic rings. The molecule has 0 aliphatic heterocycles. The van der Waals surface area contributed by atoms with Crippen molar-refractivity contribution in [3.05, 3.63) is 71.9 Å². The summed E-state index contributed by atoms with van der Waals surface area (Å²) in [6.07, 6.45) is 2.70. The highest BCUT2D eigenvalue weighted by Gasteiger charge is 2.19. The third kappa shape index (κ3) is 4.41. The molecule has 4 aromatic rings. The molecule has 0 fully saturated rings. The van der Waals surface area contributed by atoms with Crippen LogP contribution >= 0.6 is 11.6 Å². The molecule has 6 nitrogen and oxygen atoms in total. The van der Waals surface area contributed by atoms with E-state index in [1.54, 1.807) is 14.2 Å². The molecule has 0 amide bonds. The average Bonchev–Trinajstić information content (AvgIpc) is 2.84. The second-order valence-corrected chi connectivity index (χ2v) is 7.47. The summed E-state index contributed by atoms with van der Waals surface area (Å²) >= 11 is 6.38. The van der Waals surface area contributed by atoms with E-state index in [0.717, 1.165) is 28.7 Å². The summed E-state index contributed by atoms with van der Waals surface area (Å²) in [6, 6.07) is 19.2. The number of fused-ring (bicyclic) bond motifs is 1. The summed E-state index contributed by atoms with van der Waals surface area (Å²) in [5.41, 5.74) is 2.46. The van der Waals surface area contributed by atoms with Crippen LogP contribution in [-0.2, 0) is 0 Å². The van der Waals surface area contributed by atoms with Crippen LogP contribution in [0.15, 0.2) is 66.9 Å². The lowest BCUT2D eigenvalue weighted by molar-refractivity contribution is 0.318. The van der Waals surface area contributed by atoms with Gasteiger partial charge in [0.25, 0.3) is 0 Å². The van der Waals surface area contributed by atoms with Crippen molar-refractivity contribution in [1.82, 2.24) is 9.97 Å². The van der Waals surface area contributed by atoms with E-state index in [0.29, 0.717) is 34.8 Å². The monoisotopic (exact) mass is 449 g/mol. The van der Waals surface area contributed by atoms with E-state index in [-0.39, 0.29) is 0 Å². The third-order valence-electron chi connectivity index (χ3n) is 4.94. The van der Waals surface area contributed by atoms with Gasteiger partial charge in [-0.25, -0.2) is 9.97 Å². The first-order valence-electron chi connectivity index (χ1n) is 10.3. The second kappa shape index (κ2) is 9.75. The van der Waals surface area contributed by atoms with E-state index in [9.17, 15) is 0 Å². The molecule has 0 bridgehead atoms. The fraction of sp³-hybridized carbons (Fsp3) is 0.200. The Hall–Kier alpha value is -3.51. The van der Waals surface area contributed by atoms with E-state index in [1.807, 2.05) is 71.8 Å². The summed E-state index contributed by atoms with van der Waals surface area (Å²) in [5, 5.41) is 1.51. The molecule has 0 saturated carbocycles. The maximum Gasteiger partial charge on any atom is 0.235 e. The van der Waals surface area contributed by atoms with Gasteiger partial charge in [0, 0.05) is 23.7 Å². The lowest BCUT2D eigenvalue weighted by Crippen LogP contribution is -2.14. The minimum atomic E-state index is 0.514. The van der Waals surface area contributed by atoms with Gasteiger partial charge in [-0.1, -0.05) is 36.7 Å². The number of para-hydroxylation sites is 1. The van der Waals surface area contributed by atoms with Crippen LogP contribution in [-0.4, -0.2) is 30.8 Å². The number of hydrogen-bond acceptors (Lipinski definition) is 6. The van der Waals surface area contributed by atoms with Crippen molar-refractivity contribution in [3.8, 4) is 17.2 Å². The van der Waals surface area contributed by atoms with Crippen LogP contribution in [0.4, 0.5) is 17.3 Å². The summed E-state index contributed by atoms with van der Waals surface area (Å²) < 4.78 is 16.8. The lowest BCUT2D eigenvalue weighted by atomic mass is 10.2. The van der Waals surface area contributed by atoms with Crippen molar-refractivity contribution < 1.29 is 14.2 Å². The Morgan fingerprint density at radius 1 is 0.875 bits per heavy atom. The van der Waals surface area contributed by atoms with E-state index in [4.69, 9.17) is 30.8 Å². The van der Waals surface area contributed by atoms with Gasteiger partial charge in [0.15, 0.2) is 11.5 Å². The lowest BCUT2D eigenvalue weighted by Gasteiger charge is -2.25. The molecular weight excluding hydrogens is 426 g/mol. The topological polar surface area (TPSA) is 56.7 Å². The first-order chi connectivity index (χ1) is 15.6. The van der Waals surface area contributed by atoms with Crippen molar-refractivity contribution in [2.24, 2.45) is 0 Å². The molecule has 0 N–H and O–H groups in total. The minimum absolute atomic E-state index is 0.514. The predicted molar refractivity (Wildman–Crippen MR) is 128 cm³/mol. The predicted octanol–water partition coefficient (Wildman–Crippen LogP) is 6.56. The summed E-state index contributed by atoms with van der Waals surface area (Å²) in [7, 11) is 3.22. The molecule has 0 unspecified atom stereocenters. The SMILES string of the molecule is CCCOc1cc(N(c2ccc(OC)c(OC)c2)c2ncc3ccccc3n2)ccc1Cl. The quantitative estimate of drug-likeness (QED) is 0.303. The van der Waals surface area contributed by atoms with Gasteiger partial charge in [0.1, 0.15) is 5.75 Å². The first kappa shape index (κ1) is 21.7. The van der Waals surface area contributed by atoms with Gasteiger partial charge in [-0.3, -0.25) is 4.90 Å². The van der Waals surface area contributed by atoms with Crippen molar-refractivity contribution in [1.29, 1.82) is 0 Å². The Morgan fingerprint density at radius 3 is 2.34 bits per heavy atom. The van der Waals surface area contributed by atoms with Crippen LogP contribution in [0.25, 0.3) is 10.9 Å². The number of rotatable bonds is 8. The second-order valence-electron chi connectivity index (χ2n) is 7.07. The molecule has 1 aromatic heterocycles. The van der Waals surface area contributed by atoms with Crippen LogP contribution < -0.4 is 19.1 Å². The highest BCUT2D eigenvalue weighted by molar-refractivity contribution is 6.32. The zero-order valence-electron chi connectivity index (χ0n) is 18.2. The minimum Gasteiger partial charge on any atom is -0.493 e. The fourth-order valence-corrected chi connectivity index (χ4v) is 3.54. The van der Waals surface area contributed by atoms with Crippen molar-refractivity contribution >= 4 is 39.8 Å². The van der Waals surface area contributed by atoms with Gasteiger partial charge in [0.2, 0.25) is 5.95 Å². The van der Waals surface area contributed by atoms with Crippen LogP contribution in [0.5, 0.6) is 17.2 Å². The molecular formula is C25H24ClN3O3.